The summed E-state index contributed by atoms with van der Waals surface area (Å²) in [5.74, 6) is 0.0838. The predicted molar refractivity (Wildman–Crippen MR) is 90.6 cm³/mol. The number of aromatic nitrogens is 3. The molecular weight excluding hydrogens is 318 g/mol. The van der Waals surface area contributed by atoms with Gasteiger partial charge in [0.15, 0.2) is 0 Å². The Labute approximate surface area is 140 Å². The van der Waals surface area contributed by atoms with Gasteiger partial charge < -0.3 is 15.6 Å². The van der Waals surface area contributed by atoms with E-state index in [4.69, 9.17) is 0 Å². The molecule has 0 spiro atoms. The molecule has 23 heavy (non-hydrogen) atoms. The highest BCUT2D eigenvalue weighted by atomic mass is 35.5. The Morgan fingerprint density at radius 3 is 2.78 bits per heavy atom. The van der Waals surface area contributed by atoms with Gasteiger partial charge in [0, 0.05) is 18.5 Å². The lowest BCUT2D eigenvalue weighted by atomic mass is 9.94. The Balaban J connectivity index is 0.00000192. The van der Waals surface area contributed by atoms with Crippen molar-refractivity contribution in [1.82, 2.24) is 25.2 Å². The molecule has 0 aromatic carbocycles. The maximum Gasteiger partial charge on any atom is 0.256 e. The van der Waals surface area contributed by atoms with Gasteiger partial charge in [0.05, 0.1) is 11.4 Å². The SMILES string of the molecule is CCNC(=O)c1c(C)nn2c(C3CCNCC3)cc(=O)[nH]c12.Cl. The number of hydrogen-bond acceptors (Lipinski definition) is 4. The number of fused-ring (bicyclic) bond motifs is 1. The van der Waals surface area contributed by atoms with E-state index in [1.165, 1.54) is 0 Å². The zero-order valence-electron chi connectivity index (χ0n) is 13.3. The first-order chi connectivity index (χ1) is 10.6. The maximum absolute atomic E-state index is 12.2. The molecule has 1 fully saturated rings. The van der Waals surface area contributed by atoms with Gasteiger partial charge in [-0.15, -0.1) is 12.4 Å². The van der Waals surface area contributed by atoms with Crippen molar-refractivity contribution in [3.63, 3.8) is 0 Å². The highest BCUT2D eigenvalue weighted by Gasteiger charge is 2.23. The molecule has 2 aromatic rings. The highest BCUT2D eigenvalue weighted by molar-refractivity contribution is 6.01. The van der Waals surface area contributed by atoms with Crippen LogP contribution < -0.4 is 16.2 Å². The number of hydrogen-bond donors (Lipinski definition) is 3. The lowest BCUT2D eigenvalue weighted by molar-refractivity contribution is 0.0956. The average Bonchev–Trinajstić information content (AvgIpc) is 2.83. The second-order valence-corrected chi connectivity index (χ2v) is 5.66. The number of carbonyl (C=O) groups excluding carboxylic acids is 1. The van der Waals surface area contributed by atoms with Crippen LogP contribution in [0.1, 0.15) is 47.4 Å². The van der Waals surface area contributed by atoms with Gasteiger partial charge in [-0.3, -0.25) is 9.59 Å². The van der Waals surface area contributed by atoms with E-state index >= 15 is 0 Å². The Bertz CT molecular complexity index is 761. The largest absolute Gasteiger partial charge is 0.352 e. The minimum absolute atomic E-state index is 0. The standard InChI is InChI=1S/C15H21N5O2.ClH/c1-3-17-15(22)13-9(2)19-20-11(8-12(21)18-14(13)20)10-4-6-16-7-5-10;/h8,10,16H,3-7H2,1-2H3,(H,17,22)(H,18,21);1H. The number of nitrogens with zero attached hydrogens (tertiary/aromatic N) is 2. The molecule has 7 nitrogen and oxygen atoms in total. The predicted octanol–water partition coefficient (Wildman–Crippen LogP) is 0.970. The van der Waals surface area contributed by atoms with Crippen molar-refractivity contribution >= 4 is 24.0 Å². The van der Waals surface area contributed by atoms with Crippen molar-refractivity contribution in [3.8, 4) is 0 Å². The average molecular weight is 340 g/mol. The number of piperidine rings is 1. The molecule has 0 bridgehead atoms. The summed E-state index contributed by atoms with van der Waals surface area (Å²) in [6.07, 6.45) is 1.93. The minimum Gasteiger partial charge on any atom is -0.352 e. The summed E-state index contributed by atoms with van der Waals surface area (Å²) < 4.78 is 1.73. The molecule has 1 saturated heterocycles. The first kappa shape index (κ1) is 17.5. The number of carbonyl (C=O) groups is 1. The number of rotatable bonds is 3. The van der Waals surface area contributed by atoms with E-state index < -0.39 is 0 Å². The molecule has 126 valence electrons. The number of nitrogens with one attached hydrogen (secondary N) is 3. The Kier molecular flexibility index (Phi) is 5.43. The zero-order chi connectivity index (χ0) is 15.7. The molecule has 1 aliphatic heterocycles. The molecule has 3 heterocycles. The molecule has 1 aliphatic rings. The lowest BCUT2D eigenvalue weighted by Crippen LogP contribution is -2.29. The number of aromatic amines is 1. The van der Waals surface area contributed by atoms with Gasteiger partial charge in [0.2, 0.25) is 0 Å². The van der Waals surface area contributed by atoms with Crippen molar-refractivity contribution in [2.45, 2.75) is 32.6 Å². The van der Waals surface area contributed by atoms with Crippen LogP contribution >= 0.6 is 12.4 Å². The van der Waals surface area contributed by atoms with E-state index in [0.29, 0.717) is 23.4 Å². The first-order valence-corrected chi connectivity index (χ1v) is 7.73. The summed E-state index contributed by atoms with van der Waals surface area (Å²) in [5, 5.41) is 10.6. The van der Waals surface area contributed by atoms with Gasteiger partial charge in [-0.05, 0) is 39.8 Å². The first-order valence-electron chi connectivity index (χ1n) is 7.73. The third-order valence-electron chi connectivity index (χ3n) is 4.15. The van der Waals surface area contributed by atoms with Crippen LogP contribution in [0.15, 0.2) is 10.9 Å². The molecule has 0 radical (unpaired) electrons. The van der Waals surface area contributed by atoms with Crippen molar-refractivity contribution in [2.24, 2.45) is 0 Å². The molecule has 3 N–H and O–H groups in total. The Morgan fingerprint density at radius 2 is 2.13 bits per heavy atom. The van der Waals surface area contributed by atoms with Crippen LogP contribution in [0.3, 0.4) is 0 Å². The zero-order valence-corrected chi connectivity index (χ0v) is 14.1. The van der Waals surface area contributed by atoms with Crippen LogP contribution in [-0.4, -0.2) is 40.1 Å². The highest BCUT2D eigenvalue weighted by Crippen LogP contribution is 2.25. The van der Waals surface area contributed by atoms with Gasteiger partial charge in [0.1, 0.15) is 11.2 Å². The number of H-pyrrole nitrogens is 1. The summed E-state index contributed by atoms with van der Waals surface area (Å²) >= 11 is 0. The van der Waals surface area contributed by atoms with E-state index in [2.05, 4.69) is 20.7 Å². The molecule has 3 rings (SSSR count). The number of amides is 1. The molecule has 8 heteroatoms. The van der Waals surface area contributed by atoms with E-state index in [1.54, 1.807) is 17.5 Å². The Hall–Kier alpha value is -1.86. The fourth-order valence-corrected chi connectivity index (χ4v) is 3.11. The second-order valence-electron chi connectivity index (χ2n) is 5.66. The van der Waals surface area contributed by atoms with Crippen LogP contribution in [0.25, 0.3) is 5.65 Å². The summed E-state index contributed by atoms with van der Waals surface area (Å²) in [7, 11) is 0. The molecule has 1 amide bonds. The maximum atomic E-state index is 12.2. The van der Waals surface area contributed by atoms with Crippen LogP contribution in [0.5, 0.6) is 0 Å². The fraction of sp³-hybridized carbons (Fsp3) is 0.533. The molecule has 0 unspecified atom stereocenters. The lowest BCUT2D eigenvalue weighted by Gasteiger charge is -2.23. The third-order valence-corrected chi connectivity index (χ3v) is 4.15. The molecule has 0 aliphatic carbocycles. The van der Waals surface area contributed by atoms with Crippen molar-refractivity contribution in [2.75, 3.05) is 19.6 Å². The summed E-state index contributed by atoms with van der Waals surface area (Å²) in [6.45, 7) is 6.06. The monoisotopic (exact) mass is 339 g/mol. The van der Waals surface area contributed by atoms with E-state index in [1.807, 2.05) is 6.92 Å². The van der Waals surface area contributed by atoms with Gasteiger partial charge in [-0.2, -0.15) is 5.10 Å². The quantitative estimate of drug-likeness (QED) is 0.777. The third kappa shape index (κ3) is 3.25. The van der Waals surface area contributed by atoms with E-state index in [-0.39, 0.29) is 29.8 Å². The van der Waals surface area contributed by atoms with Crippen LogP contribution in [0.4, 0.5) is 0 Å². The smallest absolute Gasteiger partial charge is 0.256 e. The number of halogens is 1. The molecule has 0 atom stereocenters. The second kappa shape index (κ2) is 7.14. The normalized spacial score (nSPS) is 15.4. The van der Waals surface area contributed by atoms with Crippen molar-refractivity contribution < 1.29 is 4.79 Å². The van der Waals surface area contributed by atoms with E-state index in [0.717, 1.165) is 31.6 Å². The summed E-state index contributed by atoms with van der Waals surface area (Å²) in [4.78, 5) is 27.1. The Morgan fingerprint density at radius 1 is 1.43 bits per heavy atom. The van der Waals surface area contributed by atoms with Gasteiger partial charge >= 0.3 is 0 Å². The molecular formula is C15H22ClN5O2. The van der Waals surface area contributed by atoms with Gasteiger partial charge in [-0.25, -0.2) is 4.52 Å². The van der Waals surface area contributed by atoms with Crippen LogP contribution in [0.2, 0.25) is 0 Å². The van der Waals surface area contributed by atoms with Crippen molar-refractivity contribution in [3.05, 3.63) is 33.4 Å². The van der Waals surface area contributed by atoms with Crippen LogP contribution in [-0.2, 0) is 0 Å². The molecule has 0 saturated carbocycles. The fourth-order valence-electron chi connectivity index (χ4n) is 3.11. The number of aryl methyl sites for hydroxylation is 1. The topological polar surface area (TPSA) is 91.3 Å². The van der Waals surface area contributed by atoms with Crippen LogP contribution in [0, 0.1) is 6.92 Å². The van der Waals surface area contributed by atoms with E-state index in [9.17, 15) is 9.59 Å². The van der Waals surface area contributed by atoms with Gasteiger partial charge in [0.25, 0.3) is 11.5 Å². The van der Waals surface area contributed by atoms with Gasteiger partial charge in [-0.1, -0.05) is 0 Å². The minimum atomic E-state index is -0.201. The molecule has 2 aromatic heterocycles. The van der Waals surface area contributed by atoms with Crippen molar-refractivity contribution in [1.29, 1.82) is 0 Å². The summed E-state index contributed by atoms with van der Waals surface area (Å²) in [6, 6.07) is 1.61. The summed E-state index contributed by atoms with van der Waals surface area (Å²) in [5.41, 5.74) is 2.27.